The van der Waals surface area contributed by atoms with Gasteiger partial charge in [-0.3, -0.25) is 4.79 Å². The van der Waals surface area contributed by atoms with Crippen LogP contribution in [0.4, 0.5) is 15.8 Å². The monoisotopic (exact) mass is 500 g/mol. The van der Waals surface area contributed by atoms with Gasteiger partial charge in [0.05, 0.1) is 31.4 Å². The number of carboxylic acid groups (broad SMARTS) is 1. The summed E-state index contributed by atoms with van der Waals surface area (Å²) < 4.78 is 32.0. The number of anilines is 2. The predicted octanol–water partition coefficient (Wildman–Crippen LogP) is 4.98. The van der Waals surface area contributed by atoms with Gasteiger partial charge in [-0.25, -0.2) is 4.39 Å². The third kappa shape index (κ3) is 6.22. The lowest BCUT2D eigenvalue weighted by atomic mass is 9.95. The minimum absolute atomic E-state index is 0.0192. The second kappa shape index (κ2) is 11.4. The summed E-state index contributed by atoms with van der Waals surface area (Å²) >= 11 is 0. The summed E-state index contributed by atoms with van der Waals surface area (Å²) in [7, 11) is 1.58. The number of benzene rings is 2. The molecule has 2 aromatic carbocycles. The number of carbonyl (C=O) groups is 1. The van der Waals surface area contributed by atoms with Crippen molar-refractivity contribution in [1.82, 2.24) is 0 Å². The van der Waals surface area contributed by atoms with Gasteiger partial charge in [0.2, 0.25) is 0 Å². The first-order chi connectivity index (χ1) is 17.2. The first-order valence-electron chi connectivity index (χ1n) is 12.7. The highest BCUT2D eigenvalue weighted by atomic mass is 19.1. The Bertz CT molecular complexity index is 1030. The molecule has 0 amide bonds. The van der Waals surface area contributed by atoms with Crippen molar-refractivity contribution in [2.45, 2.75) is 64.4 Å². The molecule has 0 bridgehead atoms. The highest BCUT2D eigenvalue weighted by Crippen LogP contribution is 2.33. The zero-order valence-corrected chi connectivity index (χ0v) is 21.5. The van der Waals surface area contributed by atoms with Gasteiger partial charge in [0.15, 0.2) is 0 Å². The Morgan fingerprint density at radius 1 is 1.14 bits per heavy atom. The number of ether oxygens (including phenoxy) is 3. The van der Waals surface area contributed by atoms with E-state index in [1.54, 1.807) is 19.2 Å². The number of halogens is 1. The number of aliphatic carboxylic acids is 1. The molecule has 0 radical (unpaired) electrons. The molecule has 0 aliphatic carbocycles. The molecule has 2 aliphatic heterocycles. The molecule has 4 rings (SSSR count). The summed E-state index contributed by atoms with van der Waals surface area (Å²) in [6.07, 6.45) is 1.71. The summed E-state index contributed by atoms with van der Waals surface area (Å²) in [5.74, 6) is 0.576. The molecule has 4 unspecified atom stereocenters. The third-order valence-corrected chi connectivity index (χ3v) is 7.03. The highest BCUT2D eigenvalue weighted by molar-refractivity contribution is 5.69. The fraction of sp³-hybridized carbons (Fsp3) is 0.536. The molecule has 2 aliphatic rings. The number of carboxylic acids is 1. The molecular weight excluding hydrogens is 463 g/mol. The van der Waals surface area contributed by atoms with Crippen LogP contribution in [0, 0.1) is 11.7 Å². The quantitative estimate of drug-likeness (QED) is 0.521. The number of nitrogens with zero attached hydrogens (tertiary/aromatic N) is 2. The summed E-state index contributed by atoms with van der Waals surface area (Å²) in [6, 6.07) is 12.6. The second-order valence-electron chi connectivity index (χ2n) is 10.1. The van der Waals surface area contributed by atoms with E-state index >= 15 is 0 Å². The van der Waals surface area contributed by atoms with E-state index in [1.165, 1.54) is 6.07 Å². The van der Waals surface area contributed by atoms with Crippen molar-refractivity contribution >= 4 is 17.3 Å². The molecule has 1 N–H and O–H groups in total. The van der Waals surface area contributed by atoms with E-state index in [9.17, 15) is 14.3 Å². The molecular formula is C28H37FN2O5. The van der Waals surface area contributed by atoms with Gasteiger partial charge in [-0.1, -0.05) is 6.92 Å². The zero-order chi connectivity index (χ0) is 25.8. The van der Waals surface area contributed by atoms with Crippen molar-refractivity contribution in [3.8, 4) is 11.5 Å². The SMILES string of the molecule is COc1ccc(F)c(N2CCC(Oc3ccc(N4CC(OC(C)C)CC4CC(=O)O)cc3)C(C)C2)c1. The Morgan fingerprint density at radius 2 is 1.86 bits per heavy atom. The molecule has 0 aromatic heterocycles. The van der Waals surface area contributed by atoms with Crippen LogP contribution in [0.3, 0.4) is 0 Å². The second-order valence-corrected chi connectivity index (χ2v) is 10.1. The molecule has 4 atom stereocenters. The largest absolute Gasteiger partial charge is 0.497 e. The van der Waals surface area contributed by atoms with Crippen LogP contribution >= 0.6 is 0 Å². The average molecular weight is 501 g/mol. The maximum absolute atomic E-state index is 14.4. The van der Waals surface area contributed by atoms with E-state index < -0.39 is 5.97 Å². The number of hydrogen-bond acceptors (Lipinski definition) is 6. The highest BCUT2D eigenvalue weighted by Gasteiger charge is 2.35. The van der Waals surface area contributed by atoms with E-state index in [4.69, 9.17) is 14.2 Å². The molecule has 7 nitrogen and oxygen atoms in total. The van der Waals surface area contributed by atoms with Gasteiger partial charge < -0.3 is 29.1 Å². The van der Waals surface area contributed by atoms with Gasteiger partial charge in [0.25, 0.3) is 0 Å². The van der Waals surface area contributed by atoms with Crippen molar-refractivity contribution < 1.29 is 28.5 Å². The number of hydrogen-bond donors (Lipinski definition) is 1. The molecule has 8 heteroatoms. The van der Waals surface area contributed by atoms with Crippen molar-refractivity contribution in [3.63, 3.8) is 0 Å². The van der Waals surface area contributed by atoms with Gasteiger partial charge in [-0.05, 0) is 56.7 Å². The predicted molar refractivity (Wildman–Crippen MR) is 138 cm³/mol. The molecule has 196 valence electrons. The van der Waals surface area contributed by atoms with Crippen LogP contribution in [0.25, 0.3) is 0 Å². The normalized spacial score (nSPS) is 24.3. The van der Waals surface area contributed by atoms with Crippen LogP contribution < -0.4 is 19.3 Å². The van der Waals surface area contributed by atoms with E-state index in [0.29, 0.717) is 37.5 Å². The van der Waals surface area contributed by atoms with Crippen molar-refractivity contribution in [1.29, 1.82) is 0 Å². The Hall–Kier alpha value is -3.00. The van der Waals surface area contributed by atoms with Gasteiger partial charge >= 0.3 is 5.97 Å². The van der Waals surface area contributed by atoms with E-state index in [1.807, 2.05) is 38.1 Å². The molecule has 0 spiro atoms. The first kappa shape index (κ1) is 26.1. The molecule has 2 heterocycles. The number of methoxy groups -OCH3 is 1. The Morgan fingerprint density at radius 3 is 2.50 bits per heavy atom. The average Bonchev–Trinajstić information content (AvgIpc) is 3.21. The lowest BCUT2D eigenvalue weighted by Gasteiger charge is -2.38. The van der Waals surface area contributed by atoms with Crippen molar-refractivity contribution in [3.05, 3.63) is 48.3 Å². The van der Waals surface area contributed by atoms with Gasteiger partial charge in [0.1, 0.15) is 23.4 Å². The van der Waals surface area contributed by atoms with E-state index in [2.05, 4.69) is 16.7 Å². The van der Waals surface area contributed by atoms with Crippen molar-refractivity contribution in [2.75, 3.05) is 36.5 Å². The van der Waals surface area contributed by atoms with Crippen LogP contribution in [0.5, 0.6) is 11.5 Å². The molecule has 2 saturated heterocycles. The summed E-state index contributed by atoms with van der Waals surface area (Å²) in [5.41, 5.74) is 1.53. The maximum Gasteiger partial charge on any atom is 0.305 e. The minimum Gasteiger partial charge on any atom is -0.497 e. The Balaban J connectivity index is 1.38. The summed E-state index contributed by atoms with van der Waals surface area (Å²) in [6.45, 7) is 8.18. The van der Waals surface area contributed by atoms with Gasteiger partial charge in [0, 0.05) is 49.8 Å². The van der Waals surface area contributed by atoms with Crippen LogP contribution in [-0.2, 0) is 9.53 Å². The fourth-order valence-electron chi connectivity index (χ4n) is 5.34. The third-order valence-electron chi connectivity index (χ3n) is 7.03. The smallest absolute Gasteiger partial charge is 0.305 e. The Kier molecular flexibility index (Phi) is 8.24. The fourth-order valence-corrected chi connectivity index (χ4v) is 5.34. The molecule has 2 fully saturated rings. The lowest BCUT2D eigenvalue weighted by molar-refractivity contribution is -0.137. The minimum atomic E-state index is -0.802. The zero-order valence-electron chi connectivity index (χ0n) is 21.5. The molecule has 36 heavy (non-hydrogen) atoms. The van der Waals surface area contributed by atoms with Gasteiger partial charge in [-0.15, -0.1) is 0 Å². The van der Waals surface area contributed by atoms with Crippen LogP contribution in [0.15, 0.2) is 42.5 Å². The van der Waals surface area contributed by atoms with Crippen molar-refractivity contribution in [2.24, 2.45) is 5.92 Å². The van der Waals surface area contributed by atoms with Crippen LogP contribution in [0.1, 0.15) is 40.0 Å². The van der Waals surface area contributed by atoms with Crippen LogP contribution in [0.2, 0.25) is 0 Å². The number of piperidine rings is 1. The molecule has 2 aromatic rings. The Labute approximate surface area is 212 Å². The lowest BCUT2D eigenvalue weighted by Crippen LogP contribution is -2.44. The topological polar surface area (TPSA) is 71.5 Å². The standard InChI is InChI=1S/C28H37FN2O5/c1-18(2)35-24-13-21(14-28(32)33)31(17-24)20-5-7-22(8-6-20)36-27-11-12-30(16-19(27)3)26-15-23(34-4)9-10-25(26)29/h5-10,15,18-19,21,24,27H,11-14,16-17H2,1-4H3,(H,32,33). The maximum atomic E-state index is 14.4. The molecule has 0 saturated carbocycles. The summed E-state index contributed by atoms with van der Waals surface area (Å²) in [5, 5.41) is 9.37. The van der Waals surface area contributed by atoms with Gasteiger partial charge in [-0.2, -0.15) is 0 Å². The summed E-state index contributed by atoms with van der Waals surface area (Å²) in [4.78, 5) is 15.6. The van der Waals surface area contributed by atoms with E-state index in [-0.39, 0.29) is 42.5 Å². The van der Waals surface area contributed by atoms with E-state index in [0.717, 1.165) is 17.9 Å². The number of rotatable bonds is 9. The van der Waals surface area contributed by atoms with Crippen LogP contribution in [-0.4, -0.2) is 62.2 Å². The first-order valence-corrected chi connectivity index (χ1v) is 12.7.